The van der Waals surface area contributed by atoms with Crippen LogP contribution in [0.25, 0.3) is 0 Å². The topological polar surface area (TPSA) is 93.2 Å². The Kier molecular flexibility index (Phi) is 7.33. The Morgan fingerprint density at radius 1 is 1.44 bits per heavy atom. The minimum atomic E-state index is -2.58. The van der Waals surface area contributed by atoms with Crippen LogP contribution in [0.1, 0.15) is 33.1 Å². The highest BCUT2D eigenvalue weighted by molar-refractivity contribution is 7.92. The van der Waals surface area contributed by atoms with E-state index in [1.807, 2.05) is 6.92 Å². The number of hydrogen-bond acceptors (Lipinski definition) is 5. The average Bonchev–Trinajstić information content (AvgIpc) is 2.23. The van der Waals surface area contributed by atoms with Gasteiger partial charge < -0.3 is 10.5 Å². The number of unbranched alkanes of at least 4 members (excludes halogenated alkanes) is 1. The van der Waals surface area contributed by atoms with Gasteiger partial charge >= 0.3 is 5.97 Å². The van der Waals surface area contributed by atoms with E-state index in [-0.39, 0.29) is 12.2 Å². The highest BCUT2D eigenvalue weighted by atomic mass is 32.2. The standard InChI is InChI=1S/C10H22N2O3S/c1-3-5-7-16(12,14)8-6-9(11)10(13)15-4-2/h9,12H,3-8,11H2,1-2H3/t9-,16?/m0/s1. The summed E-state index contributed by atoms with van der Waals surface area (Å²) >= 11 is 0. The number of carbonyl (C=O) groups is 1. The van der Waals surface area contributed by atoms with Crippen molar-refractivity contribution >= 4 is 15.7 Å². The summed E-state index contributed by atoms with van der Waals surface area (Å²) in [6, 6.07) is -0.757. The summed E-state index contributed by atoms with van der Waals surface area (Å²) in [5, 5.41) is 0. The van der Waals surface area contributed by atoms with Gasteiger partial charge in [0.05, 0.1) is 6.61 Å². The normalized spacial score (nSPS) is 16.4. The van der Waals surface area contributed by atoms with Crippen LogP contribution in [0, 0.1) is 4.78 Å². The fraction of sp³-hybridized carbons (Fsp3) is 0.900. The summed E-state index contributed by atoms with van der Waals surface area (Å²) in [7, 11) is -2.58. The molecule has 0 spiro atoms. The van der Waals surface area contributed by atoms with Crippen molar-refractivity contribution in [2.24, 2.45) is 5.73 Å². The Labute approximate surface area is 97.7 Å². The molecule has 0 bridgehead atoms. The molecule has 0 aliphatic carbocycles. The molecular weight excluding hydrogens is 228 g/mol. The van der Waals surface area contributed by atoms with Gasteiger partial charge in [-0.25, -0.2) is 4.21 Å². The van der Waals surface area contributed by atoms with Gasteiger partial charge in [0.1, 0.15) is 6.04 Å². The molecule has 0 saturated carbocycles. The molecule has 0 rings (SSSR count). The van der Waals surface area contributed by atoms with E-state index in [2.05, 4.69) is 0 Å². The van der Waals surface area contributed by atoms with E-state index in [1.165, 1.54) is 0 Å². The zero-order valence-corrected chi connectivity index (χ0v) is 10.8. The second kappa shape index (κ2) is 7.62. The van der Waals surface area contributed by atoms with Crippen molar-refractivity contribution in [1.29, 1.82) is 4.78 Å². The van der Waals surface area contributed by atoms with Crippen LogP contribution in [0.4, 0.5) is 0 Å². The van der Waals surface area contributed by atoms with E-state index in [9.17, 15) is 9.00 Å². The first-order valence-corrected chi connectivity index (χ1v) is 7.49. The molecule has 0 aliphatic heterocycles. The molecule has 1 unspecified atom stereocenters. The van der Waals surface area contributed by atoms with E-state index in [0.29, 0.717) is 12.4 Å². The molecule has 0 aromatic heterocycles. The zero-order chi connectivity index (χ0) is 12.6. The first kappa shape index (κ1) is 15.4. The van der Waals surface area contributed by atoms with Gasteiger partial charge in [-0.05, 0) is 19.8 Å². The van der Waals surface area contributed by atoms with Gasteiger partial charge in [0.15, 0.2) is 0 Å². The number of rotatable bonds is 8. The van der Waals surface area contributed by atoms with E-state index in [1.54, 1.807) is 6.92 Å². The quantitative estimate of drug-likeness (QED) is 0.631. The van der Waals surface area contributed by atoms with Crippen molar-refractivity contribution in [3.8, 4) is 0 Å². The lowest BCUT2D eigenvalue weighted by atomic mass is 10.2. The van der Waals surface area contributed by atoms with Crippen molar-refractivity contribution in [1.82, 2.24) is 0 Å². The molecule has 0 saturated heterocycles. The lowest BCUT2D eigenvalue weighted by Gasteiger charge is -2.11. The molecule has 5 nitrogen and oxygen atoms in total. The molecule has 0 fully saturated rings. The predicted octanol–water partition coefficient (Wildman–Crippen LogP) is 1.11. The minimum absolute atomic E-state index is 0.174. The minimum Gasteiger partial charge on any atom is -0.465 e. The molecule has 0 aliphatic rings. The van der Waals surface area contributed by atoms with Crippen LogP contribution in [0.3, 0.4) is 0 Å². The predicted molar refractivity (Wildman–Crippen MR) is 64.7 cm³/mol. The monoisotopic (exact) mass is 250 g/mol. The Morgan fingerprint density at radius 2 is 2.06 bits per heavy atom. The van der Waals surface area contributed by atoms with Crippen LogP contribution in [0.15, 0.2) is 0 Å². The van der Waals surface area contributed by atoms with Crippen LogP contribution in [-0.4, -0.2) is 34.3 Å². The smallest absolute Gasteiger partial charge is 0.322 e. The van der Waals surface area contributed by atoms with Crippen molar-refractivity contribution in [2.45, 2.75) is 39.2 Å². The highest BCUT2D eigenvalue weighted by Gasteiger charge is 2.17. The first-order chi connectivity index (χ1) is 7.43. The number of ether oxygens (including phenoxy) is 1. The first-order valence-electron chi connectivity index (χ1n) is 5.59. The van der Waals surface area contributed by atoms with E-state index >= 15 is 0 Å². The fourth-order valence-corrected chi connectivity index (χ4v) is 2.76. The van der Waals surface area contributed by atoms with E-state index in [4.69, 9.17) is 15.3 Å². The third kappa shape index (κ3) is 6.79. The SMILES string of the molecule is CCCCS(=N)(=O)CC[C@H](N)C(=O)OCC. The maximum atomic E-state index is 11.7. The Morgan fingerprint density at radius 3 is 2.56 bits per heavy atom. The molecule has 16 heavy (non-hydrogen) atoms. The zero-order valence-electron chi connectivity index (χ0n) is 10.0. The molecule has 2 atom stereocenters. The second-order valence-electron chi connectivity index (χ2n) is 3.72. The van der Waals surface area contributed by atoms with Crippen molar-refractivity contribution in [3.63, 3.8) is 0 Å². The average molecular weight is 250 g/mol. The molecular formula is C10H22N2O3S. The summed E-state index contributed by atoms with van der Waals surface area (Å²) in [6.07, 6.45) is 1.95. The van der Waals surface area contributed by atoms with Gasteiger partial charge in [0, 0.05) is 21.2 Å². The number of hydrogen-bond donors (Lipinski definition) is 2. The van der Waals surface area contributed by atoms with Gasteiger partial charge in [0.25, 0.3) is 0 Å². The molecule has 0 amide bonds. The summed E-state index contributed by atoms with van der Waals surface area (Å²) < 4.78 is 24.0. The summed E-state index contributed by atoms with van der Waals surface area (Å²) in [4.78, 5) is 11.2. The second-order valence-corrected chi connectivity index (χ2v) is 6.16. The Balaban J connectivity index is 3.99. The van der Waals surface area contributed by atoms with Crippen molar-refractivity contribution < 1.29 is 13.7 Å². The number of nitrogens with two attached hydrogens (primary N) is 1. The van der Waals surface area contributed by atoms with Crippen LogP contribution >= 0.6 is 0 Å². The Bertz CT molecular complexity index is 301. The van der Waals surface area contributed by atoms with Crippen molar-refractivity contribution in [3.05, 3.63) is 0 Å². The summed E-state index contributed by atoms with van der Waals surface area (Å²) in [5.74, 6) is 0.0830. The summed E-state index contributed by atoms with van der Waals surface area (Å²) in [6.45, 7) is 3.98. The summed E-state index contributed by atoms with van der Waals surface area (Å²) in [5.41, 5.74) is 5.56. The molecule has 96 valence electrons. The number of nitrogens with one attached hydrogen (secondary N) is 1. The van der Waals surface area contributed by atoms with Gasteiger partial charge in [-0.1, -0.05) is 13.3 Å². The molecule has 0 aromatic carbocycles. The lowest BCUT2D eigenvalue weighted by Crippen LogP contribution is -2.34. The van der Waals surface area contributed by atoms with Crippen LogP contribution in [0.5, 0.6) is 0 Å². The third-order valence-electron chi connectivity index (χ3n) is 2.18. The maximum Gasteiger partial charge on any atom is 0.322 e. The highest BCUT2D eigenvalue weighted by Crippen LogP contribution is 2.03. The third-order valence-corrected chi connectivity index (χ3v) is 4.02. The number of carbonyl (C=O) groups excluding carboxylic acids is 1. The van der Waals surface area contributed by atoms with E-state index < -0.39 is 21.7 Å². The number of esters is 1. The van der Waals surface area contributed by atoms with Crippen LogP contribution in [0.2, 0.25) is 0 Å². The van der Waals surface area contributed by atoms with Gasteiger partial charge in [0.2, 0.25) is 0 Å². The maximum absolute atomic E-state index is 11.7. The van der Waals surface area contributed by atoms with Gasteiger partial charge in [-0.3, -0.25) is 9.57 Å². The van der Waals surface area contributed by atoms with Crippen molar-refractivity contribution in [2.75, 3.05) is 18.1 Å². The molecule has 3 N–H and O–H groups in total. The molecule has 0 radical (unpaired) electrons. The van der Waals surface area contributed by atoms with E-state index in [0.717, 1.165) is 12.8 Å². The lowest BCUT2D eigenvalue weighted by molar-refractivity contribution is -0.144. The van der Waals surface area contributed by atoms with Gasteiger partial charge in [-0.15, -0.1) is 0 Å². The Hall–Kier alpha value is -0.620. The molecule has 0 heterocycles. The van der Waals surface area contributed by atoms with Crippen LogP contribution in [-0.2, 0) is 19.3 Å². The molecule has 6 heteroatoms. The largest absolute Gasteiger partial charge is 0.465 e. The van der Waals surface area contributed by atoms with Crippen LogP contribution < -0.4 is 5.73 Å². The van der Waals surface area contributed by atoms with Gasteiger partial charge in [-0.2, -0.15) is 0 Å². The molecule has 0 aromatic rings. The fourth-order valence-electron chi connectivity index (χ4n) is 1.16.